The lowest BCUT2D eigenvalue weighted by atomic mass is 10.2. The number of benzene rings is 1. The van der Waals surface area contributed by atoms with Crippen LogP contribution in [-0.4, -0.2) is 28.4 Å². The first kappa shape index (κ1) is 18.2. The van der Waals surface area contributed by atoms with E-state index in [1.807, 2.05) is 54.6 Å². The van der Waals surface area contributed by atoms with Crippen molar-refractivity contribution in [3.63, 3.8) is 0 Å². The van der Waals surface area contributed by atoms with E-state index < -0.39 is 0 Å². The Morgan fingerprint density at radius 2 is 2.08 bits per heavy atom. The average molecular weight is 342 g/mol. The van der Waals surface area contributed by atoms with Gasteiger partial charge in [0, 0.05) is 24.1 Å². The average Bonchev–Trinajstić information content (AvgIpc) is 2.60. The zero-order valence-electron chi connectivity index (χ0n) is 13.5. The Bertz CT molecular complexity index is 659. The van der Waals surface area contributed by atoms with Crippen LogP contribution in [0.2, 0.25) is 0 Å². The van der Waals surface area contributed by atoms with E-state index in [4.69, 9.17) is 5.11 Å². The number of amides is 1. The number of carbonyl (C=O) groups excluding carboxylic acids is 1. The summed E-state index contributed by atoms with van der Waals surface area (Å²) in [5.41, 5.74) is 2.22. The van der Waals surface area contributed by atoms with Crippen LogP contribution in [0.1, 0.15) is 24.0 Å². The number of hydrogen-bond donors (Lipinski definition) is 2. The van der Waals surface area contributed by atoms with Crippen LogP contribution in [0.5, 0.6) is 0 Å². The standard InChI is InChI=1S/C19H22N2O2S/c22-12-13-24-15-17-10-11-20-18(14-17)21-19(23)9-5-4-8-16-6-2-1-3-7-16/h1-4,6-8,10-11,14,22H,5,9,12-13,15H2,(H,20,21,23)/b8-4+. The summed E-state index contributed by atoms with van der Waals surface area (Å²) >= 11 is 1.65. The molecule has 0 bridgehead atoms. The van der Waals surface area contributed by atoms with Gasteiger partial charge in [0.05, 0.1) is 6.61 Å². The van der Waals surface area contributed by atoms with Gasteiger partial charge in [-0.05, 0) is 29.7 Å². The Labute approximate surface area is 147 Å². The Balaban J connectivity index is 1.75. The van der Waals surface area contributed by atoms with Crippen LogP contribution in [0.15, 0.2) is 54.7 Å². The van der Waals surface area contributed by atoms with Gasteiger partial charge in [0.1, 0.15) is 5.82 Å². The van der Waals surface area contributed by atoms with Gasteiger partial charge in [0.2, 0.25) is 5.91 Å². The molecule has 4 nitrogen and oxygen atoms in total. The van der Waals surface area contributed by atoms with Crippen molar-refractivity contribution in [3.8, 4) is 0 Å². The predicted octanol–water partition coefficient (Wildman–Crippen LogP) is 3.74. The van der Waals surface area contributed by atoms with Crippen molar-refractivity contribution in [1.29, 1.82) is 0 Å². The maximum Gasteiger partial charge on any atom is 0.225 e. The van der Waals surface area contributed by atoms with E-state index in [0.29, 0.717) is 24.4 Å². The number of hydrogen-bond acceptors (Lipinski definition) is 4. The van der Waals surface area contributed by atoms with E-state index >= 15 is 0 Å². The number of allylic oxidation sites excluding steroid dienone is 1. The molecule has 1 aromatic heterocycles. The maximum atomic E-state index is 12.0. The fraction of sp³-hybridized carbons (Fsp3) is 0.263. The van der Waals surface area contributed by atoms with Crippen LogP contribution in [0, 0.1) is 0 Å². The number of pyridine rings is 1. The summed E-state index contributed by atoms with van der Waals surface area (Å²) in [6.45, 7) is 0.176. The number of nitrogens with one attached hydrogen (secondary N) is 1. The lowest BCUT2D eigenvalue weighted by Crippen LogP contribution is -2.12. The van der Waals surface area contributed by atoms with Crippen molar-refractivity contribution < 1.29 is 9.90 Å². The number of nitrogens with zero attached hydrogens (tertiary/aromatic N) is 1. The van der Waals surface area contributed by atoms with E-state index in [2.05, 4.69) is 10.3 Å². The van der Waals surface area contributed by atoms with Gasteiger partial charge in [-0.15, -0.1) is 0 Å². The minimum absolute atomic E-state index is 0.0413. The molecule has 0 unspecified atom stereocenters. The molecule has 1 amide bonds. The zero-order valence-corrected chi connectivity index (χ0v) is 14.3. The van der Waals surface area contributed by atoms with E-state index in [1.54, 1.807) is 18.0 Å². The Hall–Kier alpha value is -2.11. The van der Waals surface area contributed by atoms with Crippen molar-refractivity contribution in [3.05, 3.63) is 65.9 Å². The third-order valence-electron chi connectivity index (χ3n) is 3.24. The Morgan fingerprint density at radius 3 is 2.88 bits per heavy atom. The highest BCUT2D eigenvalue weighted by atomic mass is 32.2. The highest BCUT2D eigenvalue weighted by Gasteiger charge is 2.03. The molecule has 0 aliphatic carbocycles. The van der Waals surface area contributed by atoms with Crippen LogP contribution < -0.4 is 5.32 Å². The monoisotopic (exact) mass is 342 g/mol. The molecule has 5 heteroatoms. The van der Waals surface area contributed by atoms with Gasteiger partial charge in [0.15, 0.2) is 0 Å². The molecule has 2 rings (SSSR count). The first-order chi connectivity index (χ1) is 11.8. The van der Waals surface area contributed by atoms with Crippen LogP contribution in [0.3, 0.4) is 0 Å². The number of aromatic nitrogens is 1. The summed E-state index contributed by atoms with van der Waals surface area (Å²) in [6.07, 6.45) is 6.83. The van der Waals surface area contributed by atoms with Gasteiger partial charge in [-0.2, -0.15) is 11.8 Å². The number of aliphatic hydroxyl groups is 1. The summed E-state index contributed by atoms with van der Waals surface area (Å²) in [7, 11) is 0. The maximum absolute atomic E-state index is 12.0. The molecule has 0 saturated heterocycles. The van der Waals surface area contributed by atoms with Crippen LogP contribution in [0.4, 0.5) is 5.82 Å². The second-order valence-corrected chi connectivity index (χ2v) is 6.33. The highest BCUT2D eigenvalue weighted by molar-refractivity contribution is 7.98. The summed E-state index contributed by atoms with van der Waals surface area (Å²) in [5.74, 6) is 2.04. The predicted molar refractivity (Wildman–Crippen MR) is 101 cm³/mol. The minimum atomic E-state index is -0.0413. The highest BCUT2D eigenvalue weighted by Crippen LogP contribution is 2.14. The SMILES string of the molecule is O=C(CC/C=C/c1ccccc1)Nc1cc(CSCCO)ccn1. The molecule has 0 aliphatic rings. The molecule has 2 aromatic rings. The number of rotatable bonds is 9. The van der Waals surface area contributed by atoms with Crippen LogP contribution in [-0.2, 0) is 10.5 Å². The van der Waals surface area contributed by atoms with E-state index in [9.17, 15) is 4.79 Å². The van der Waals surface area contributed by atoms with E-state index in [0.717, 1.165) is 16.9 Å². The van der Waals surface area contributed by atoms with Gasteiger partial charge in [0.25, 0.3) is 0 Å². The molecule has 1 aromatic carbocycles. The largest absolute Gasteiger partial charge is 0.396 e. The normalized spacial score (nSPS) is 10.9. The molecule has 0 spiro atoms. The fourth-order valence-corrected chi connectivity index (χ4v) is 2.78. The van der Waals surface area contributed by atoms with Crippen molar-refractivity contribution in [2.75, 3.05) is 17.7 Å². The lowest BCUT2D eigenvalue weighted by molar-refractivity contribution is -0.116. The Morgan fingerprint density at radius 1 is 1.25 bits per heavy atom. The van der Waals surface area contributed by atoms with Crippen molar-refractivity contribution in [2.24, 2.45) is 0 Å². The lowest BCUT2D eigenvalue weighted by Gasteiger charge is -2.06. The number of thioether (sulfide) groups is 1. The van der Waals surface area contributed by atoms with E-state index in [1.165, 1.54) is 0 Å². The molecule has 0 atom stereocenters. The van der Waals surface area contributed by atoms with Crippen LogP contribution in [0.25, 0.3) is 6.08 Å². The summed E-state index contributed by atoms with van der Waals surface area (Å²) in [5, 5.41) is 11.6. The smallest absolute Gasteiger partial charge is 0.225 e. The van der Waals surface area contributed by atoms with E-state index in [-0.39, 0.29) is 12.5 Å². The molecule has 126 valence electrons. The topological polar surface area (TPSA) is 62.2 Å². The number of aliphatic hydroxyl groups excluding tert-OH is 1. The zero-order chi connectivity index (χ0) is 17.0. The third-order valence-corrected chi connectivity index (χ3v) is 4.25. The second kappa shape index (κ2) is 10.6. The number of anilines is 1. The molecule has 0 aliphatic heterocycles. The molecular weight excluding hydrogens is 320 g/mol. The molecule has 0 fully saturated rings. The second-order valence-electron chi connectivity index (χ2n) is 5.23. The Kier molecular flexibility index (Phi) is 8.07. The van der Waals surface area contributed by atoms with Gasteiger partial charge < -0.3 is 10.4 Å². The summed E-state index contributed by atoms with van der Waals surface area (Å²) in [6, 6.07) is 13.8. The van der Waals surface area contributed by atoms with Crippen LogP contribution >= 0.6 is 11.8 Å². The minimum Gasteiger partial charge on any atom is -0.396 e. The van der Waals surface area contributed by atoms with Gasteiger partial charge in [-0.25, -0.2) is 4.98 Å². The molecule has 0 radical (unpaired) electrons. The number of carbonyl (C=O) groups is 1. The van der Waals surface area contributed by atoms with Crippen molar-refractivity contribution in [2.45, 2.75) is 18.6 Å². The summed E-state index contributed by atoms with van der Waals surface area (Å²) in [4.78, 5) is 16.1. The molecule has 0 saturated carbocycles. The first-order valence-corrected chi connectivity index (χ1v) is 9.08. The van der Waals surface area contributed by atoms with Gasteiger partial charge in [-0.1, -0.05) is 42.5 Å². The fourth-order valence-electron chi connectivity index (χ4n) is 2.09. The van der Waals surface area contributed by atoms with Gasteiger partial charge >= 0.3 is 0 Å². The van der Waals surface area contributed by atoms with Gasteiger partial charge in [-0.3, -0.25) is 4.79 Å². The quantitative estimate of drug-likeness (QED) is 0.682. The third kappa shape index (κ3) is 6.98. The van der Waals surface area contributed by atoms with Crippen molar-refractivity contribution in [1.82, 2.24) is 4.98 Å². The van der Waals surface area contributed by atoms with Crippen molar-refractivity contribution >= 4 is 29.6 Å². The molecular formula is C19H22N2O2S. The summed E-state index contributed by atoms with van der Waals surface area (Å²) < 4.78 is 0. The molecule has 2 N–H and O–H groups in total. The molecule has 1 heterocycles. The first-order valence-electron chi connectivity index (χ1n) is 7.93. The molecule has 24 heavy (non-hydrogen) atoms.